The number of carbonyl (C=O) groups is 2. The fourth-order valence-corrected chi connectivity index (χ4v) is 4.38. The Balaban J connectivity index is 1.53. The number of amides is 1. The van der Waals surface area contributed by atoms with Gasteiger partial charge in [-0.05, 0) is 49.6 Å². The summed E-state index contributed by atoms with van der Waals surface area (Å²) in [5.74, 6) is -2.73. The number of alkyl halides is 3. The highest BCUT2D eigenvalue weighted by atomic mass is 19.4. The molecule has 0 aliphatic carbocycles. The van der Waals surface area contributed by atoms with Gasteiger partial charge in [0.15, 0.2) is 0 Å². The van der Waals surface area contributed by atoms with Crippen molar-refractivity contribution in [1.82, 2.24) is 0 Å². The van der Waals surface area contributed by atoms with Gasteiger partial charge in [0.05, 0.1) is 16.9 Å². The first-order valence-electron chi connectivity index (χ1n) is 10.6. The highest BCUT2D eigenvalue weighted by Gasteiger charge is 2.44. The van der Waals surface area contributed by atoms with Gasteiger partial charge in [-0.3, -0.25) is 9.59 Å². The molecule has 4 rings (SSSR count). The SMILES string of the molecule is O=C1CCc2c(OCC3(C(=O)O)CCN(c4cc(F)ccc4C(F)(F)F)CC3)ccc(F)c2N1. The molecule has 0 unspecified atom stereocenters. The Kier molecular flexibility index (Phi) is 6.13. The van der Waals surface area contributed by atoms with Gasteiger partial charge >= 0.3 is 12.1 Å². The molecule has 2 aromatic rings. The molecule has 2 aromatic carbocycles. The van der Waals surface area contributed by atoms with E-state index in [0.29, 0.717) is 11.6 Å². The molecule has 0 atom stereocenters. The first-order chi connectivity index (χ1) is 16.0. The Morgan fingerprint density at radius 3 is 2.47 bits per heavy atom. The minimum Gasteiger partial charge on any atom is -0.492 e. The molecule has 2 aliphatic rings. The molecule has 1 saturated heterocycles. The second-order valence-corrected chi connectivity index (χ2v) is 8.47. The fraction of sp³-hybridized carbons (Fsp3) is 0.391. The normalized spacial score (nSPS) is 17.7. The Bertz CT molecular complexity index is 1130. The highest BCUT2D eigenvalue weighted by Crippen LogP contribution is 2.41. The van der Waals surface area contributed by atoms with Crippen LogP contribution in [0.3, 0.4) is 0 Å². The quantitative estimate of drug-likeness (QED) is 0.606. The number of carboxylic acids is 1. The van der Waals surface area contributed by atoms with Crippen molar-refractivity contribution in [3.63, 3.8) is 0 Å². The van der Waals surface area contributed by atoms with Gasteiger partial charge in [-0.15, -0.1) is 0 Å². The third kappa shape index (κ3) is 4.51. The predicted octanol–water partition coefficient (Wildman–Crippen LogP) is 4.62. The minimum atomic E-state index is -4.69. The summed E-state index contributed by atoms with van der Waals surface area (Å²) in [5, 5.41) is 12.4. The Hall–Kier alpha value is -3.37. The number of anilines is 2. The van der Waals surface area contributed by atoms with Gasteiger partial charge in [-0.25, -0.2) is 8.78 Å². The number of halogens is 5. The van der Waals surface area contributed by atoms with E-state index in [-0.39, 0.29) is 68.4 Å². The van der Waals surface area contributed by atoms with Crippen LogP contribution in [0.25, 0.3) is 0 Å². The van der Waals surface area contributed by atoms with Crippen molar-refractivity contribution in [3.05, 3.63) is 53.1 Å². The van der Waals surface area contributed by atoms with Gasteiger partial charge < -0.3 is 20.1 Å². The van der Waals surface area contributed by atoms with Gasteiger partial charge in [0, 0.05) is 25.1 Å². The predicted molar refractivity (Wildman–Crippen MR) is 112 cm³/mol. The van der Waals surface area contributed by atoms with Crippen molar-refractivity contribution >= 4 is 23.3 Å². The topological polar surface area (TPSA) is 78.9 Å². The molecule has 6 nitrogen and oxygen atoms in total. The van der Waals surface area contributed by atoms with Gasteiger partial charge in [-0.2, -0.15) is 13.2 Å². The van der Waals surface area contributed by atoms with E-state index in [9.17, 15) is 36.6 Å². The summed E-state index contributed by atoms with van der Waals surface area (Å²) >= 11 is 0. The van der Waals surface area contributed by atoms with Gasteiger partial charge in [0.25, 0.3) is 0 Å². The second kappa shape index (κ2) is 8.77. The van der Waals surface area contributed by atoms with Crippen molar-refractivity contribution in [2.45, 2.75) is 31.9 Å². The molecular weight excluding hydrogens is 463 g/mol. The number of nitrogens with one attached hydrogen (secondary N) is 1. The maximum atomic E-state index is 14.1. The molecule has 2 N–H and O–H groups in total. The Morgan fingerprint density at radius 1 is 1.12 bits per heavy atom. The van der Waals surface area contributed by atoms with E-state index < -0.39 is 34.8 Å². The smallest absolute Gasteiger partial charge is 0.418 e. The number of ether oxygens (including phenoxy) is 1. The molecular formula is C23H21F5N2O4. The lowest BCUT2D eigenvalue weighted by molar-refractivity contribution is -0.152. The third-order valence-corrected chi connectivity index (χ3v) is 6.37. The molecule has 11 heteroatoms. The van der Waals surface area contributed by atoms with Gasteiger partial charge in [0.2, 0.25) is 5.91 Å². The van der Waals surface area contributed by atoms with E-state index in [1.165, 1.54) is 11.0 Å². The number of carboxylic acid groups (broad SMARTS) is 1. The second-order valence-electron chi connectivity index (χ2n) is 8.47. The number of nitrogens with zero attached hydrogens (tertiary/aromatic N) is 1. The largest absolute Gasteiger partial charge is 0.492 e. The van der Waals surface area contributed by atoms with Crippen LogP contribution in [0.2, 0.25) is 0 Å². The summed E-state index contributed by atoms with van der Waals surface area (Å²) in [6.45, 7) is -0.406. The Morgan fingerprint density at radius 2 is 1.82 bits per heavy atom. The number of hydrogen-bond donors (Lipinski definition) is 2. The number of benzene rings is 2. The van der Waals surface area contributed by atoms with Crippen molar-refractivity contribution < 1.29 is 41.4 Å². The van der Waals surface area contributed by atoms with Crippen LogP contribution in [0.4, 0.5) is 33.3 Å². The van der Waals surface area contributed by atoms with Crippen molar-refractivity contribution in [1.29, 1.82) is 0 Å². The number of aliphatic carboxylic acids is 1. The molecule has 2 heterocycles. The number of fused-ring (bicyclic) bond motifs is 1. The summed E-state index contributed by atoms with van der Waals surface area (Å²) in [5.41, 5.74) is -2.31. The summed E-state index contributed by atoms with van der Waals surface area (Å²) in [6, 6.07) is 4.67. The molecule has 1 fully saturated rings. The summed E-state index contributed by atoms with van der Waals surface area (Å²) in [7, 11) is 0. The zero-order chi connectivity index (χ0) is 24.7. The van der Waals surface area contributed by atoms with Crippen LogP contribution >= 0.6 is 0 Å². The molecule has 182 valence electrons. The van der Waals surface area contributed by atoms with Crippen LogP contribution in [0, 0.1) is 17.0 Å². The number of piperidine rings is 1. The van der Waals surface area contributed by atoms with Gasteiger partial charge in [0.1, 0.15) is 29.4 Å². The van der Waals surface area contributed by atoms with E-state index in [0.717, 1.165) is 18.2 Å². The van der Waals surface area contributed by atoms with E-state index in [1.807, 2.05) is 0 Å². The molecule has 0 aromatic heterocycles. The van der Waals surface area contributed by atoms with E-state index in [4.69, 9.17) is 4.74 Å². The first kappa shape index (κ1) is 23.8. The summed E-state index contributed by atoms with van der Waals surface area (Å²) < 4.78 is 73.8. The molecule has 0 spiro atoms. The van der Waals surface area contributed by atoms with E-state index in [2.05, 4.69) is 5.32 Å². The lowest BCUT2D eigenvalue weighted by atomic mass is 9.79. The third-order valence-electron chi connectivity index (χ3n) is 6.37. The van der Waals surface area contributed by atoms with Crippen LogP contribution in [0.5, 0.6) is 5.75 Å². The number of hydrogen-bond acceptors (Lipinski definition) is 4. The average molecular weight is 484 g/mol. The standard InChI is InChI=1S/C23H21F5N2O4/c24-13-1-3-15(23(26,27)28)17(11-13)30-9-7-22(8-10-30,21(32)33)12-34-18-5-4-16(25)20-14(18)2-6-19(31)29-20/h1,3-5,11H,2,6-10,12H2,(H,29,31)(H,32,33). The average Bonchev–Trinajstić information content (AvgIpc) is 2.78. The number of carbonyl (C=O) groups excluding carboxylic acids is 1. The number of rotatable bonds is 5. The molecule has 1 amide bonds. The van der Waals surface area contributed by atoms with E-state index >= 15 is 0 Å². The Labute approximate surface area is 191 Å². The molecule has 2 aliphatic heterocycles. The van der Waals surface area contributed by atoms with Crippen LogP contribution < -0.4 is 15.0 Å². The zero-order valence-electron chi connectivity index (χ0n) is 17.8. The lowest BCUT2D eigenvalue weighted by Crippen LogP contribution is -2.48. The molecule has 0 saturated carbocycles. The van der Waals surface area contributed by atoms with Gasteiger partial charge in [-0.1, -0.05) is 0 Å². The first-order valence-corrected chi connectivity index (χ1v) is 10.6. The molecule has 0 bridgehead atoms. The maximum Gasteiger partial charge on any atom is 0.418 e. The monoisotopic (exact) mass is 484 g/mol. The highest BCUT2D eigenvalue weighted by molar-refractivity contribution is 5.94. The van der Waals surface area contributed by atoms with Crippen molar-refractivity contribution in [3.8, 4) is 5.75 Å². The molecule has 0 radical (unpaired) electrons. The van der Waals surface area contributed by atoms with Crippen LogP contribution in [0.15, 0.2) is 30.3 Å². The van der Waals surface area contributed by atoms with E-state index in [1.54, 1.807) is 0 Å². The van der Waals surface area contributed by atoms with Crippen molar-refractivity contribution in [2.75, 3.05) is 29.9 Å². The lowest BCUT2D eigenvalue weighted by Gasteiger charge is -2.40. The molecule has 34 heavy (non-hydrogen) atoms. The summed E-state index contributed by atoms with van der Waals surface area (Å²) in [6.07, 6.45) is -4.43. The van der Waals surface area contributed by atoms with Crippen LogP contribution in [-0.4, -0.2) is 36.7 Å². The van der Waals surface area contributed by atoms with Crippen LogP contribution in [-0.2, 0) is 22.2 Å². The van der Waals surface area contributed by atoms with Crippen molar-refractivity contribution in [2.24, 2.45) is 5.41 Å². The zero-order valence-corrected chi connectivity index (χ0v) is 17.8. The van der Waals surface area contributed by atoms with Crippen LogP contribution in [0.1, 0.15) is 30.4 Å². The minimum absolute atomic E-state index is 0.00118. The summed E-state index contributed by atoms with van der Waals surface area (Å²) in [4.78, 5) is 25.1. The maximum absolute atomic E-state index is 14.1. The fourth-order valence-electron chi connectivity index (χ4n) is 4.38.